The molecule has 0 unspecified atom stereocenters. The van der Waals surface area contributed by atoms with Crippen molar-refractivity contribution in [3.8, 4) is 0 Å². The zero-order valence-corrected chi connectivity index (χ0v) is 13.5. The van der Waals surface area contributed by atoms with Crippen molar-refractivity contribution in [3.05, 3.63) is 30.1 Å². The molecule has 23 heavy (non-hydrogen) atoms. The predicted molar refractivity (Wildman–Crippen MR) is 83.9 cm³/mol. The number of hydrogen-bond donors (Lipinski definition) is 1. The summed E-state index contributed by atoms with van der Waals surface area (Å²) >= 11 is 0. The van der Waals surface area contributed by atoms with E-state index in [4.69, 9.17) is 0 Å². The summed E-state index contributed by atoms with van der Waals surface area (Å²) < 4.78 is 28.6. The van der Waals surface area contributed by atoms with Crippen LogP contribution in [-0.4, -0.2) is 21.5 Å². The Labute approximate surface area is 133 Å². The smallest absolute Gasteiger partial charge is 0.243 e. The number of fused-ring (bicyclic) bond motifs is 1. The van der Waals surface area contributed by atoms with Crippen molar-refractivity contribution in [2.75, 3.05) is 0 Å². The highest BCUT2D eigenvalue weighted by molar-refractivity contribution is 5.84. The number of halogens is 2. The molecule has 1 aromatic heterocycles. The number of rotatable bonds is 5. The fraction of sp³-hybridized carbons (Fsp3) is 0.529. The molecular weight excluding hydrogens is 300 g/mol. The molecule has 1 saturated carbocycles. The SMILES string of the molecule is CC(C)[C@@H](C(=O)N[C@@H](C)C1CC1)n1cnc2cc(F)c(F)cc21. The molecule has 124 valence electrons. The molecule has 0 radical (unpaired) electrons. The predicted octanol–water partition coefficient (Wildman–Crippen LogP) is 3.43. The Morgan fingerprint density at radius 2 is 1.91 bits per heavy atom. The quantitative estimate of drug-likeness (QED) is 0.917. The summed E-state index contributed by atoms with van der Waals surface area (Å²) in [5, 5.41) is 3.05. The third kappa shape index (κ3) is 3.07. The van der Waals surface area contributed by atoms with E-state index in [2.05, 4.69) is 10.3 Å². The number of nitrogens with zero attached hydrogens (tertiary/aromatic N) is 2. The van der Waals surface area contributed by atoms with E-state index in [0.717, 1.165) is 25.0 Å². The lowest BCUT2D eigenvalue weighted by Gasteiger charge is -2.24. The Kier molecular flexibility index (Phi) is 4.08. The van der Waals surface area contributed by atoms with Crippen LogP contribution < -0.4 is 5.32 Å². The van der Waals surface area contributed by atoms with Gasteiger partial charge in [-0.3, -0.25) is 4.79 Å². The normalized spacial score (nSPS) is 17.5. The molecule has 2 atom stereocenters. The van der Waals surface area contributed by atoms with E-state index >= 15 is 0 Å². The van der Waals surface area contributed by atoms with Gasteiger partial charge in [0.05, 0.1) is 17.4 Å². The molecule has 6 heteroatoms. The minimum absolute atomic E-state index is 0.00748. The topological polar surface area (TPSA) is 46.9 Å². The summed E-state index contributed by atoms with van der Waals surface area (Å²) in [7, 11) is 0. The van der Waals surface area contributed by atoms with Gasteiger partial charge >= 0.3 is 0 Å². The fourth-order valence-corrected chi connectivity index (χ4v) is 3.02. The van der Waals surface area contributed by atoms with Gasteiger partial charge < -0.3 is 9.88 Å². The summed E-state index contributed by atoms with van der Waals surface area (Å²) in [6.45, 7) is 5.86. The van der Waals surface area contributed by atoms with Crippen molar-refractivity contribution in [2.45, 2.75) is 45.7 Å². The molecule has 0 aliphatic heterocycles. The molecule has 1 fully saturated rings. The maximum atomic E-state index is 13.6. The van der Waals surface area contributed by atoms with Crippen molar-refractivity contribution in [3.63, 3.8) is 0 Å². The van der Waals surface area contributed by atoms with Crippen LogP contribution in [0, 0.1) is 23.5 Å². The van der Waals surface area contributed by atoms with Gasteiger partial charge in [0, 0.05) is 18.2 Å². The maximum Gasteiger partial charge on any atom is 0.243 e. The third-order valence-corrected chi connectivity index (χ3v) is 4.52. The summed E-state index contributed by atoms with van der Waals surface area (Å²) in [6, 6.07) is 1.78. The lowest BCUT2D eigenvalue weighted by molar-refractivity contribution is -0.126. The van der Waals surface area contributed by atoms with Crippen LogP contribution in [0.3, 0.4) is 0 Å². The Balaban J connectivity index is 1.94. The lowest BCUT2D eigenvalue weighted by Crippen LogP contribution is -2.41. The molecule has 1 aromatic carbocycles. The molecule has 1 aliphatic rings. The number of aromatic nitrogens is 2. The molecule has 0 saturated heterocycles. The van der Waals surface area contributed by atoms with Crippen LogP contribution in [0.25, 0.3) is 11.0 Å². The maximum absolute atomic E-state index is 13.6. The van der Waals surface area contributed by atoms with Gasteiger partial charge in [-0.2, -0.15) is 0 Å². The van der Waals surface area contributed by atoms with Gasteiger partial charge in [-0.1, -0.05) is 13.8 Å². The van der Waals surface area contributed by atoms with Crippen LogP contribution in [0.4, 0.5) is 8.78 Å². The van der Waals surface area contributed by atoms with E-state index < -0.39 is 17.7 Å². The van der Waals surface area contributed by atoms with E-state index in [1.54, 1.807) is 4.57 Å². The average molecular weight is 321 g/mol. The minimum Gasteiger partial charge on any atom is -0.352 e. The second-order valence-corrected chi connectivity index (χ2v) is 6.73. The molecule has 3 rings (SSSR count). The Bertz CT molecular complexity index is 737. The van der Waals surface area contributed by atoms with E-state index in [9.17, 15) is 13.6 Å². The van der Waals surface area contributed by atoms with Crippen molar-refractivity contribution >= 4 is 16.9 Å². The van der Waals surface area contributed by atoms with Gasteiger partial charge in [-0.05, 0) is 31.6 Å². The van der Waals surface area contributed by atoms with Crippen LogP contribution in [-0.2, 0) is 4.79 Å². The molecule has 0 spiro atoms. The van der Waals surface area contributed by atoms with Gasteiger partial charge in [0.1, 0.15) is 6.04 Å². The van der Waals surface area contributed by atoms with Crippen molar-refractivity contribution in [1.82, 2.24) is 14.9 Å². The second kappa shape index (κ2) is 5.91. The zero-order chi connectivity index (χ0) is 16.7. The molecular formula is C17H21F2N3O. The van der Waals surface area contributed by atoms with Gasteiger partial charge in [-0.25, -0.2) is 13.8 Å². The number of benzene rings is 1. The van der Waals surface area contributed by atoms with Crippen LogP contribution in [0.5, 0.6) is 0 Å². The highest BCUT2D eigenvalue weighted by Crippen LogP contribution is 2.33. The highest BCUT2D eigenvalue weighted by atomic mass is 19.2. The minimum atomic E-state index is -0.937. The summed E-state index contributed by atoms with van der Waals surface area (Å²) in [5.74, 6) is -1.43. The lowest BCUT2D eigenvalue weighted by atomic mass is 10.0. The first-order valence-corrected chi connectivity index (χ1v) is 8.00. The average Bonchev–Trinajstić information content (AvgIpc) is 3.25. The van der Waals surface area contributed by atoms with Crippen LogP contribution in [0.15, 0.2) is 18.5 Å². The summed E-state index contributed by atoms with van der Waals surface area (Å²) in [6.07, 6.45) is 3.77. The Hall–Kier alpha value is -1.98. The second-order valence-electron chi connectivity index (χ2n) is 6.73. The molecule has 1 heterocycles. The number of carbonyl (C=O) groups is 1. The molecule has 2 aromatic rings. The van der Waals surface area contributed by atoms with Crippen molar-refractivity contribution < 1.29 is 13.6 Å². The van der Waals surface area contributed by atoms with Gasteiger partial charge in [0.25, 0.3) is 0 Å². The van der Waals surface area contributed by atoms with Gasteiger partial charge in [0.15, 0.2) is 11.6 Å². The van der Waals surface area contributed by atoms with Gasteiger partial charge in [-0.15, -0.1) is 0 Å². The third-order valence-electron chi connectivity index (χ3n) is 4.52. The first-order valence-electron chi connectivity index (χ1n) is 8.00. The molecule has 1 aliphatic carbocycles. The van der Waals surface area contributed by atoms with Crippen molar-refractivity contribution in [1.29, 1.82) is 0 Å². The fourth-order valence-electron chi connectivity index (χ4n) is 3.02. The number of amides is 1. The first-order chi connectivity index (χ1) is 10.9. The van der Waals surface area contributed by atoms with E-state index in [1.807, 2.05) is 20.8 Å². The van der Waals surface area contributed by atoms with E-state index in [0.29, 0.717) is 17.0 Å². The van der Waals surface area contributed by atoms with Gasteiger partial charge in [0.2, 0.25) is 5.91 Å². The van der Waals surface area contributed by atoms with Crippen LogP contribution >= 0.6 is 0 Å². The Morgan fingerprint density at radius 3 is 2.52 bits per heavy atom. The van der Waals surface area contributed by atoms with Crippen molar-refractivity contribution in [2.24, 2.45) is 11.8 Å². The molecule has 1 amide bonds. The molecule has 4 nitrogen and oxygen atoms in total. The largest absolute Gasteiger partial charge is 0.352 e. The van der Waals surface area contributed by atoms with E-state index in [1.165, 1.54) is 6.33 Å². The molecule has 0 bridgehead atoms. The van der Waals surface area contributed by atoms with Crippen LogP contribution in [0.1, 0.15) is 39.7 Å². The summed E-state index contributed by atoms with van der Waals surface area (Å²) in [5.41, 5.74) is 0.773. The number of carbonyl (C=O) groups excluding carboxylic acids is 1. The van der Waals surface area contributed by atoms with E-state index in [-0.39, 0.29) is 17.9 Å². The molecule has 1 N–H and O–H groups in total. The van der Waals surface area contributed by atoms with Crippen LogP contribution in [0.2, 0.25) is 0 Å². The Morgan fingerprint density at radius 1 is 1.26 bits per heavy atom. The monoisotopic (exact) mass is 321 g/mol. The number of hydrogen-bond acceptors (Lipinski definition) is 2. The standard InChI is InChI=1S/C17H21F2N3O/c1-9(2)16(17(23)21-10(3)11-4-5-11)22-8-20-14-6-12(18)13(19)7-15(14)22/h6-11,16H,4-5H2,1-3H3,(H,21,23)/t10-,16-/m0/s1. The first kappa shape index (κ1) is 15.9. The highest BCUT2D eigenvalue weighted by Gasteiger charge is 2.32. The zero-order valence-electron chi connectivity index (χ0n) is 13.5. The number of imidazole rings is 1. The number of nitrogens with one attached hydrogen (secondary N) is 1. The summed E-state index contributed by atoms with van der Waals surface area (Å²) in [4.78, 5) is 16.8.